The highest BCUT2D eigenvalue weighted by Gasteiger charge is 2.39. The molecule has 2 heterocycles. The summed E-state index contributed by atoms with van der Waals surface area (Å²) in [6.07, 6.45) is 3.24. The van der Waals surface area contributed by atoms with Crippen LogP contribution in [0.5, 0.6) is 0 Å². The molecule has 1 aromatic carbocycles. The molecule has 0 radical (unpaired) electrons. The van der Waals surface area contributed by atoms with E-state index in [-0.39, 0.29) is 6.04 Å². The fourth-order valence-corrected chi connectivity index (χ4v) is 5.17. The fraction of sp³-hybridized carbons (Fsp3) is 0.588. The number of hydrogen-bond donors (Lipinski definition) is 0. The third kappa shape index (κ3) is 3.20. The molecule has 2 aliphatic rings. The lowest BCUT2D eigenvalue weighted by Crippen LogP contribution is -2.52. The Bertz CT molecular complexity index is 882. The summed E-state index contributed by atoms with van der Waals surface area (Å²) >= 11 is 0. The first-order valence-electron chi connectivity index (χ1n) is 8.77. The third-order valence-corrected chi connectivity index (χ3v) is 7.39. The molecule has 0 unspecified atom stereocenters. The van der Waals surface area contributed by atoms with Crippen LogP contribution in [0.2, 0.25) is 0 Å². The molecule has 7 nitrogen and oxygen atoms in total. The topological polar surface area (TPSA) is 81.0 Å². The predicted molar refractivity (Wildman–Crippen MR) is 94.5 cm³/mol. The maximum atomic E-state index is 12.3. The summed E-state index contributed by atoms with van der Waals surface area (Å²) in [4.78, 5) is 1.56. The number of aryl methyl sites for hydroxylation is 2. The lowest BCUT2D eigenvalue weighted by Gasteiger charge is -2.38. The second-order valence-corrected chi connectivity index (χ2v) is 9.29. The number of benzene rings is 1. The SMILES string of the molecule is Cc1ccc(-c2nnn(C3CN(S(=O)(=O)CC4CCC4)C3)n2)cc1C. The third-order valence-electron chi connectivity index (χ3n) is 5.41. The van der Waals surface area contributed by atoms with Gasteiger partial charge in [0.15, 0.2) is 0 Å². The van der Waals surface area contributed by atoms with Gasteiger partial charge in [-0.3, -0.25) is 0 Å². The largest absolute Gasteiger partial charge is 0.214 e. The van der Waals surface area contributed by atoms with Gasteiger partial charge in [-0.15, -0.1) is 10.2 Å². The lowest BCUT2D eigenvalue weighted by atomic mass is 9.87. The van der Waals surface area contributed by atoms with Crippen molar-refractivity contribution in [3.8, 4) is 11.4 Å². The molecule has 1 saturated carbocycles. The minimum absolute atomic E-state index is 0.0241. The van der Waals surface area contributed by atoms with Crippen molar-refractivity contribution >= 4 is 10.0 Å². The zero-order valence-electron chi connectivity index (χ0n) is 14.6. The monoisotopic (exact) mass is 361 g/mol. The van der Waals surface area contributed by atoms with Gasteiger partial charge in [0.1, 0.15) is 6.04 Å². The van der Waals surface area contributed by atoms with Gasteiger partial charge in [-0.2, -0.15) is 9.10 Å². The van der Waals surface area contributed by atoms with Gasteiger partial charge in [-0.05, 0) is 55.0 Å². The van der Waals surface area contributed by atoms with Gasteiger partial charge >= 0.3 is 0 Å². The van der Waals surface area contributed by atoms with Gasteiger partial charge in [-0.1, -0.05) is 18.6 Å². The second-order valence-electron chi connectivity index (χ2n) is 7.28. The molecular formula is C17H23N5O2S. The molecule has 2 fully saturated rings. The minimum atomic E-state index is -3.14. The molecule has 0 bridgehead atoms. The number of nitrogens with zero attached hydrogens (tertiary/aromatic N) is 5. The van der Waals surface area contributed by atoms with Crippen molar-refractivity contribution in [2.75, 3.05) is 18.8 Å². The van der Waals surface area contributed by atoms with Crippen LogP contribution in [-0.2, 0) is 10.0 Å². The van der Waals surface area contributed by atoms with Crippen LogP contribution in [0.25, 0.3) is 11.4 Å². The van der Waals surface area contributed by atoms with Gasteiger partial charge in [0.05, 0.1) is 5.75 Å². The van der Waals surface area contributed by atoms with E-state index in [4.69, 9.17) is 0 Å². The van der Waals surface area contributed by atoms with Crippen molar-refractivity contribution in [2.24, 2.45) is 5.92 Å². The summed E-state index contributed by atoms with van der Waals surface area (Å²) in [5.74, 6) is 1.22. The van der Waals surface area contributed by atoms with Gasteiger partial charge in [0, 0.05) is 18.7 Å². The normalized spacial score (nSPS) is 19.6. The lowest BCUT2D eigenvalue weighted by molar-refractivity contribution is 0.171. The van der Waals surface area contributed by atoms with E-state index in [1.807, 2.05) is 18.2 Å². The van der Waals surface area contributed by atoms with E-state index >= 15 is 0 Å². The Balaban J connectivity index is 1.41. The summed E-state index contributed by atoms with van der Waals surface area (Å²) in [5, 5.41) is 12.7. The summed E-state index contributed by atoms with van der Waals surface area (Å²) in [6, 6.07) is 6.06. The Morgan fingerprint density at radius 3 is 2.56 bits per heavy atom. The number of aromatic nitrogens is 4. The van der Waals surface area contributed by atoms with Gasteiger partial charge < -0.3 is 0 Å². The molecule has 1 saturated heterocycles. The summed E-state index contributed by atoms with van der Waals surface area (Å²) in [6.45, 7) is 5.01. The van der Waals surface area contributed by atoms with E-state index in [1.165, 1.54) is 11.1 Å². The fourth-order valence-electron chi connectivity index (χ4n) is 3.23. The number of sulfonamides is 1. The number of tetrazole rings is 1. The Labute approximate surface area is 148 Å². The highest BCUT2D eigenvalue weighted by molar-refractivity contribution is 7.89. The standard InChI is InChI=1S/C17H23N5O2S/c1-12-6-7-15(8-13(12)2)17-18-20-22(19-17)16-9-21(10-16)25(23,24)11-14-4-3-5-14/h6-8,14,16H,3-5,9-11H2,1-2H3. The van der Waals surface area contributed by atoms with Crippen LogP contribution in [0.4, 0.5) is 0 Å². The number of rotatable bonds is 5. The van der Waals surface area contributed by atoms with Crippen LogP contribution in [0.1, 0.15) is 36.4 Å². The number of hydrogen-bond acceptors (Lipinski definition) is 5. The Morgan fingerprint density at radius 1 is 1.16 bits per heavy atom. The Hall–Kier alpha value is -1.80. The first kappa shape index (κ1) is 16.7. The smallest absolute Gasteiger partial charge is 0.212 e. The second kappa shape index (κ2) is 6.17. The maximum absolute atomic E-state index is 12.3. The summed E-state index contributed by atoms with van der Waals surface area (Å²) < 4.78 is 26.2. The van der Waals surface area contributed by atoms with Gasteiger partial charge in [0.2, 0.25) is 15.8 Å². The van der Waals surface area contributed by atoms with Crippen molar-refractivity contribution in [1.29, 1.82) is 0 Å². The van der Waals surface area contributed by atoms with Crippen molar-refractivity contribution in [1.82, 2.24) is 24.5 Å². The van der Waals surface area contributed by atoms with Crippen molar-refractivity contribution < 1.29 is 8.42 Å². The van der Waals surface area contributed by atoms with Gasteiger partial charge in [-0.25, -0.2) is 8.42 Å². The molecule has 1 aromatic heterocycles. The first-order chi connectivity index (χ1) is 11.9. The molecule has 0 amide bonds. The average Bonchev–Trinajstić information content (AvgIpc) is 2.94. The molecule has 134 valence electrons. The molecule has 8 heteroatoms. The Morgan fingerprint density at radius 2 is 1.92 bits per heavy atom. The van der Waals surface area contributed by atoms with Crippen LogP contribution in [0.3, 0.4) is 0 Å². The quantitative estimate of drug-likeness (QED) is 0.813. The molecule has 1 aliphatic carbocycles. The molecule has 1 aliphatic heterocycles. The van der Waals surface area contributed by atoms with E-state index in [9.17, 15) is 8.42 Å². The molecular weight excluding hydrogens is 338 g/mol. The highest BCUT2D eigenvalue weighted by atomic mass is 32.2. The van der Waals surface area contributed by atoms with Crippen LogP contribution in [-0.4, -0.2) is 51.8 Å². The molecule has 4 rings (SSSR count). The minimum Gasteiger partial charge on any atom is -0.212 e. The van der Waals surface area contributed by atoms with Gasteiger partial charge in [0.25, 0.3) is 0 Å². The highest BCUT2D eigenvalue weighted by Crippen LogP contribution is 2.31. The van der Waals surface area contributed by atoms with E-state index < -0.39 is 10.0 Å². The maximum Gasteiger partial charge on any atom is 0.214 e. The molecule has 2 aromatic rings. The van der Waals surface area contributed by atoms with E-state index in [0.29, 0.717) is 30.6 Å². The van der Waals surface area contributed by atoms with Crippen molar-refractivity contribution in [2.45, 2.75) is 39.2 Å². The van der Waals surface area contributed by atoms with E-state index in [2.05, 4.69) is 29.3 Å². The van der Waals surface area contributed by atoms with Crippen LogP contribution >= 0.6 is 0 Å². The zero-order valence-corrected chi connectivity index (χ0v) is 15.4. The molecule has 0 atom stereocenters. The molecule has 0 spiro atoms. The van der Waals surface area contributed by atoms with Crippen molar-refractivity contribution in [3.63, 3.8) is 0 Å². The summed E-state index contributed by atoms with van der Waals surface area (Å²) in [7, 11) is -3.14. The van der Waals surface area contributed by atoms with Crippen molar-refractivity contribution in [3.05, 3.63) is 29.3 Å². The molecule has 0 N–H and O–H groups in total. The van der Waals surface area contributed by atoms with Crippen LogP contribution in [0.15, 0.2) is 18.2 Å². The average molecular weight is 361 g/mol. The van der Waals surface area contributed by atoms with E-state index in [1.54, 1.807) is 9.10 Å². The van der Waals surface area contributed by atoms with Crippen LogP contribution in [0, 0.1) is 19.8 Å². The first-order valence-corrected chi connectivity index (χ1v) is 10.4. The van der Waals surface area contributed by atoms with E-state index in [0.717, 1.165) is 24.8 Å². The predicted octanol–water partition coefficient (Wildman–Crippen LogP) is 1.94. The molecule has 25 heavy (non-hydrogen) atoms. The zero-order chi connectivity index (χ0) is 17.6. The summed E-state index contributed by atoms with van der Waals surface area (Å²) in [5.41, 5.74) is 3.34. The Kier molecular flexibility index (Phi) is 4.11. The van der Waals surface area contributed by atoms with Crippen LogP contribution < -0.4 is 0 Å².